The lowest BCUT2D eigenvalue weighted by Gasteiger charge is -2.15. The average Bonchev–Trinajstić information content (AvgIpc) is 3.21. The van der Waals surface area contributed by atoms with Crippen LogP contribution in [0.25, 0.3) is 0 Å². The molecule has 0 N–H and O–H groups in total. The molecular weight excluding hydrogens is 341 g/mol. The highest BCUT2D eigenvalue weighted by molar-refractivity contribution is 8.15. The Kier molecular flexibility index (Phi) is 5.65. The van der Waals surface area contributed by atoms with Crippen LogP contribution in [-0.2, 0) is 11.3 Å². The van der Waals surface area contributed by atoms with E-state index in [-0.39, 0.29) is 17.0 Å². The van der Waals surface area contributed by atoms with Gasteiger partial charge in [-0.3, -0.25) is 9.69 Å². The molecule has 7 heteroatoms. The SMILES string of the molecule is CCC[C@@H]1S/C(=N/N=C\c2ccco2)N(Cc2ccc(F)cc2)C1=O. The number of amides is 1. The minimum absolute atomic E-state index is 0.0168. The van der Waals surface area contributed by atoms with E-state index in [1.165, 1.54) is 30.1 Å². The van der Waals surface area contributed by atoms with Crippen molar-refractivity contribution in [3.63, 3.8) is 0 Å². The number of thioether (sulfide) groups is 1. The van der Waals surface area contributed by atoms with Crippen molar-refractivity contribution in [2.45, 2.75) is 31.6 Å². The van der Waals surface area contributed by atoms with Crippen LogP contribution in [0.15, 0.2) is 57.3 Å². The molecule has 1 aromatic carbocycles. The molecular formula is C18H18FN3O2S. The minimum Gasteiger partial charge on any atom is -0.463 e. The summed E-state index contributed by atoms with van der Waals surface area (Å²) in [6.45, 7) is 2.39. The maximum absolute atomic E-state index is 13.1. The molecule has 1 fully saturated rings. The fraction of sp³-hybridized carbons (Fsp3) is 0.278. The first-order valence-electron chi connectivity index (χ1n) is 8.04. The summed E-state index contributed by atoms with van der Waals surface area (Å²) in [5.41, 5.74) is 0.843. The van der Waals surface area contributed by atoms with Gasteiger partial charge in [-0.15, -0.1) is 5.10 Å². The first kappa shape index (κ1) is 17.4. The van der Waals surface area contributed by atoms with Gasteiger partial charge in [-0.2, -0.15) is 5.10 Å². The number of hydrogen-bond acceptors (Lipinski definition) is 5. The summed E-state index contributed by atoms with van der Waals surface area (Å²) >= 11 is 1.42. The van der Waals surface area contributed by atoms with Gasteiger partial charge < -0.3 is 4.42 Å². The quantitative estimate of drug-likeness (QED) is 0.577. The van der Waals surface area contributed by atoms with Crippen LogP contribution in [0.5, 0.6) is 0 Å². The van der Waals surface area contributed by atoms with E-state index in [2.05, 4.69) is 10.2 Å². The topological polar surface area (TPSA) is 58.2 Å². The summed E-state index contributed by atoms with van der Waals surface area (Å²) in [7, 11) is 0. The Morgan fingerprint density at radius 1 is 1.32 bits per heavy atom. The van der Waals surface area contributed by atoms with Crippen molar-refractivity contribution in [1.29, 1.82) is 0 Å². The monoisotopic (exact) mass is 359 g/mol. The normalized spacial score (nSPS) is 19.4. The Balaban J connectivity index is 1.79. The second-order valence-corrected chi connectivity index (χ2v) is 6.76. The maximum atomic E-state index is 13.1. The third kappa shape index (κ3) is 4.36. The second kappa shape index (κ2) is 8.11. The number of nitrogens with zero attached hydrogens (tertiary/aromatic N) is 3. The molecule has 1 saturated heterocycles. The van der Waals surface area contributed by atoms with Crippen molar-refractivity contribution in [2.75, 3.05) is 0 Å². The summed E-state index contributed by atoms with van der Waals surface area (Å²) in [4.78, 5) is 14.3. The van der Waals surface area contributed by atoms with Crippen LogP contribution in [-0.4, -0.2) is 27.4 Å². The summed E-state index contributed by atoms with van der Waals surface area (Å²) in [6, 6.07) is 9.65. The standard InChI is InChI=1S/C18H18FN3O2S/c1-2-4-16-17(23)22(12-13-6-8-14(19)9-7-13)18(25-16)21-20-11-15-5-3-10-24-15/h3,5-11,16H,2,4,12H2,1H3/b20-11-,21-18+/t16-/m0/s1. The van der Waals surface area contributed by atoms with Crippen LogP contribution in [0.1, 0.15) is 31.1 Å². The maximum Gasteiger partial charge on any atom is 0.242 e. The molecule has 5 nitrogen and oxygen atoms in total. The summed E-state index contributed by atoms with van der Waals surface area (Å²) in [5, 5.41) is 8.62. The molecule has 25 heavy (non-hydrogen) atoms. The molecule has 0 unspecified atom stereocenters. The predicted molar refractivity (Wildman–Crippen MR) is 97.0 cm³/mol. The number of carbonyl (C=O) groups excluding carboxylic acids is 1. The van der Waals surface area contributed by atoms with E-state index >= 15 is 0 Å². The lowest BCUT2D eigenvalue weighted by molar-refractivity contribution is -0.126. The van der Waals surface area contributed by atoms with Crippen molar-refractivity contribution in [1.82, 2.24) is 4.90 Å². The number of furan rings is 1. The molecule has 1 aromatic heterocycles. The Morgan fingerprint density at radius 3 is 2.80 bits per heavy atom. The van der Waals surface area contributed by atoms with Crippen LogP contribution in [0, 0.1) is 5.82 Å². The molecule has 0 spiro atoms. The second-order valence-electron chi connectivity index (χ2n) is 5.59. The van der Waals surface area contributed by atoms with Crippen molar-refractivity contribution >= 4 is 29.1 Å². The van der Waals surface area contributed by atoms with E-state index in [0.29, 0.717) is 17.5 Å². The summed E-state index contributed by atoms with van der Waals surface area (Å²) in [6.07, 6.45) is 4.75. The van der Waals surface area contributed by atoms with E-state index < -0.39 is 0 Å². The third-order valence-electron chi connectivity index (χ3n) is 3.70. The van der Waals surface area contributed by atoms with E-state index in [9.17, 15) is 9.18 Å². The number of amidine groups is 1. The van der Waals surface area contributed by atoms with E-state index in [1.807, 2.05) is 6.92 Å². The molecule has 0 aliphatic carbocycles. The lowest BCUT2D eigenvalue weighted by Crippen LogP contribution is -2.31. The number of halogens is 1. The van der Waals surface area contributed by atoms with E-state index in [0.717, 1.165) is 18.4 Å². The van der Waals surface area contributed by atoms with Crippen molar-refractivity contribution in [3.8, 4) is 0 Å². The predicted octanol–water partition coefficient (Wildman–Crippen LogP) is 4.05. The molecule has 1 amide bonds. The van der Waals surface area contributed by atoms with Crippen molar-refractivity contribution < 1.29 is 13.6 Å². The summed E-state index contributed by atoms with van der Waals surface area (Å²) in [5.74, 6) is 0.309. The van der Waals surface area contributed by atoms with Gasteiger partial charge in [0.1, 0.15) is 11.6 Å². The third-order valence-corrected chi connectivity index (χ3v) is 4.93. The number of rotatable bonds is 6. The Labute approximate surface area is 149 Å². The summed E-state index contributed by atoms with van der Waals surface area (Å²) < 4.78 is 18.3. The van der Waals surface area contributed by atoms with Gasteiger partial charge in [0.25, 0.3) is 0 Å². The smallest absolute Gasteiger partial charge is 0.242 e. The van der Waals surface area contributed by atoms with Crippen LogP contribution < -0.4 is 0 Å². The largest absolute Gasteiger partial charge is 0.463 e. The molecule has 130 valence electrons. The molecule has 2 heterocycles. The van der Waals surface area contributed by atoms with E-state index in [4.69, 9.17) is 4.42 Å². The molecule has 1 atom stereocenters. The van der Waals surface area contributed by atoms with Gasteiger partial charge >= 0.3 is 0 Å². The highest BCUT2D eigenvalue weighted by Crippen LogP contribution is 2.31. The fourth-order valence-corrected chi connectivity index (χ4v) is 3.66. The number of carbonyl (C=O) groups is 1. The van der Waals surface area contributed by atoms with Gasteiger partial charge in [0, 0.05) is 0 Å². The van der Waals surface area contributed by atoms with Crippen LogP contribution in [0.2, 0.25) is 0 Å². The zero-order valence-corrected chi connectivity index (χ0v) is 14.6. The van der Waals surface area contributed by atoms with Crippen LogP contribution >= 0.6 is 11.8 Å². The average molecular weight is 359 g/mol. The van der Waals surface area contributed by atoms with Gasteiger partial charge in [-0.25, -0.2) is 4.39 Å². The first-order chi connectivity index (χ1) is 12.2. The number of benzene rings is 1. The van der Waals surface area contributed by atoms with E-state index in [1.54, 1.807) is 35.4 Å². The Morgan fingerprint density at radius 2 is 2.12 bits per heavy atom. The molecule has 1 aliphatic rings. The lowest BCUT2D eigenvalue weighted by atomic mass is 10.2. The molecule has 1 aliphatic heterocycles. The van der Waals surface area contributed by atoms with Crippen LogP contribution in [0.3, 0.4) is 0 Å². The minimum atomic E-state index is -0.299. The zero-order chi connectivity index (χ0) is 17.6. The molecule has 0 saturated carbocycles. The van der Waals surface area contributed by atoms with Crippen LogP contribution in [0.4, 0.5) is 4.39 Å². The highest BCUT2D eigenvalue weighted by atomic mass is 32.2. The Bertz CT molecular complexity index is 772. The Hall–Kier alpha value is -2.41. The fourth-order valence-electron chi connectivity index (χ4n) is 2.45. The van der Waals surface area contributed by atoms with Gasteiger partial charge in [0.15, 0.2) is 5.17 Å². The van der Waals surface area contributed by atoms with Gasteiger partial charge in [-0.05, 0) is 36.2 Å². The molecule has 0 bridgehead atoms. The van der Waals surface area contributed by atoms with Gasteiger partial charge in [-0.1, -0.05) is 37.2 Å². The zero-order valence-electron chi connectivity index (χ0n) is 13.8. The molecule has 2 aromatic rings. The highest BCUT2D eigenvalue weighted by Gasteiger charge is 2.37. The van der Waals surface area contributed by atoms with Gasteiger partial charge in [0.05, 0.1) is 24.3 Å². The van der Waals surface area contributed by atoms with Crippen molar-refractivity contribution in [2.24, 2.45) is 10.2 Å². The first-order valence-corrected chi connectivity index (χ1v) is 8.92. The number of hydrogen-bond donors (Lipinski definition) is 0. The van der Waals surface area contributed by atoms with Gasteiger partial charge in [0.2, 0.25) is 5.91 Å². The molecule has 3 rings (SSSR count). The molecule has 0 radical (unpaired) electrons. The van der Waals surface area contributed by atoms with Crippen molar-refractivity contribution in [3.05, 3.63) is 59.8 Å².